The fraction of sp³-hybridized carbons (Fsp3) is 0.636. The number of halogens is 1. The van der Waals surface area contributed by atoms with Crippen LogP contribution in [0.2, 0.25) is 5.02 Å². The van der Waals surface area contributed by atoms with Gasteiger partial charge in [-0.25, -0.2) is 13.2 Å². The van der Waals surface area contributed by atoms with Gasteiger partial charge in [0.15, 0.2) is 6.10 Å². The van der Waals surface area contributed by atoms with Crippen molar-refractivity contribution in [1.29, 1.82) is 0 Å². The molecule has 0 unspecified atom stereocenters. The topological polar surface area (TPSA) is 84.0 Å². The lowest BCUT2D eigenvalue weighted by molar-refractivity contribution is -0.146. The van der Waals surface area contributed by atoms with E-state index in [0.717, 1.165) is 38.5 Å². The normalized spacial score (nSPS) is 23.9. The standard InChI is InChI=1S/C22H31ClN2O5S/c1-15-8-7-9-16(2)25(15)21(26)17(3)30-22(27)19-14-18(10-11-20(19)23)31(28,29)24-12-5-4-6-13-24/h10-11,14-17H,4-9,12-13H2,1-3H3/t15-,16-,17-/m0/s1. The molecular weight excluding hydrogens is 440 g/mol. The van der Waals surface area contributed by atoms with Crippen LogP contribution in [0.1, 0.15) is 69.7 Å². The smallest absolute Gasteiger partial charge is 0.340 e. The average molecular weight is 471 g/mol. The quantitative estimate of drug-likeness (QED) is 0.610. The van der Waals surface area contributed by atoms with Gasteiger partial charge in [-0.3, -0.25) is 4.79 Å². The van der Waals surface area contributed by atoms with Crippen molar-refractivity contribution < 1.29 is 22.7 Å². The number of carbonyl (C=O) groups is 2. The first-order chi connectivity index (χ1) is 14.6. The molecule has 1 amide bonds. The van der Waals surface area contributed by atoms with Crippen LogP contribution in [0.3, 0.4) is 0 Å². The Balaban J connectivity index is 1.77. The molecule has 0 N–H and O–H groups in total. The number of sulfonamides is 1. The number of hydrogen-bond donors (Lipinski definition) is 0. The Labute approximate surface area is 189 Å². The zero-order chi connectivity index (χ0) is 22.8. The van der Waals surface area contributed by atoms with Crippen LogP contribution in [0.15, 0.2) is 23.1 Å². The molecule has 0 bridgehead atoms. The summed E-state index contributed by atoms with van der Waals surface area (Å²) in [5, 5.41) is 0.0851. The van der Waals surface area contributed by atoms with Crippen molar-refractivity contribution in [3.8, 4) is 0 Å². The number of hydrogen-bond acceptors (Lipinski definition) is 5. The molecule has 0 radical (unpaired) electrons. The van der Waals surface area contributed by atoms with Crippen LogP contribution in [-0.2, 0) is 19.6 Å². The van der Waals surface area contributed by atoms with Gasteiger partial charge in [0, 0.05) is 25.2 Å². The Hall–Kier alpha value is -1.64. The SMILES string of the molecule is C[C@H](OC(=O)c1cc(S(=O)(=O)N2CCCCC2)ccc1Cl)C(=O)N1[C@@H](C)CCC[C@@H]1C. The highest BCUT2D eigenvalue weighted by Crippen LogP contribution is 2.27. The highest BCUT2D eigenvalue weighted by Gasteiger charge is 2.34. The van der Waals surface area contributed by atoms with E-state index >= 15 is 0 Å². The summed E-state index contributed by atoms with van der Waals surface area (Å²) in [5.74, 6) is -1.06. The van der Waals surface area contributed by atoms with Crippen LogP contribution in [0.4, 0.5) is 0 Å². The monoisotopic (exact) mass is 470 g/mol. The van der Waals surface area contributed by atoms with Gasteiger partial charge in [-0.15, -0.1) is 0 Å². The molecule has 0 aromatic heterocycles. The van der Waals surface area contributed by atoms with E-state index in [-0.39, 0.29) is 33.5 Å². The number of carbonyl (C=O) groups excluding carboxylic acids is 2. The predicted octanol–water partition coefficient (Wildman–Crippen LogP) is 3.85. The second kappa shape index (κ2) is 9.88. The van der Waals surface area contributed by atoms with Crippen LogP contribution in [0, 0.1) is 0 Å². The van der Waals surface area contributed by atoms with E-state index in [9.17, 15) is 18.0 Å². The molecule has 2 fully saturated rings. The summed E-state index contributed by atoms with van der Waals surface area (Å²) in [4.78, 5) is 27.5. The van der Waals surface area contributed by atoms with Gasteiger partial charge in [0.2, 0.25) is 10.0 Å². The summed E-state index contributed by atoms with van der Waals surface area (Å²) in [6.45, 7) is 6.45. The summed E-state index contributed by atoms with van der Waals surface area (Å²) >= 11 is 6.18. The molecule has 1 aromatic carbocycles. The second-order valence-corrected chi connectivity index (χ2v) is 10.9. The Kier molecular flexibility index (Phi) is 7.65. The lowest BCUT2D eigenvalue weighted by Crippen LogP contribution is -2.51. The van der Waals surface area contributed by atoms with Gasteiger partial charge < -0.3 is 9.64 Å². The summed E-state index contributed by atoms with van der Waals surface area (Å²) in [7, 11) is -3.72. The summed E-state index contributed by atoms with van der Waals surface area (Å²) in [6.07, 6.45) is 4.54. The van der Waals surface area contributed by atoms with E-state index in [1.807, 2.05) is 13.8 Å². The Morgan fingerprint density at radius 1 is 1.06 bits per heavy atom. The summed E-state index contributed by atoms with van der Waals surface area (Å²) in [5.41, 5.74) is -0.0563. The van der Waals surface area contributed by atoms with E-state index in [0.29, 0.717) is 13.1 Å². The van der Waals surface area contributed by atoms with E-state index in [2.05, 4.69) is 0 Å². The molecule has 2 aliphatic heterocycles. The van der Waals surface area contributed by atoms with Crippen molar-refractivity contribution in [3.63, 3.8) is 0 Å². The average Bonchev–Trinajstić information content (AvgIpc) is 2.74. The molecule has 2 saturated heterocycles. The van der Waals surface area contributed by atoms with Gasteiger partial charge >= 0.3 is 5.97 Å². The fourth-order valence-electron chi connectivity index (χ4n) is 4.42. The third kappa shape index (κ3) is 5.23. The molecular formula is C22H31ClN2O5S. The first-order valence-electron chi connectivity index (χ1n) is 11.0. The van der Waals surface area contributed by atoms with Crippen molar-refractivity contribution in [1.82, 2.24) is 9.21 Å². The maximum Gasteiger partial charge on any atom is 0.340 e. The zero-order valence-electron chi connectivity index (χ0n) is 18.3. The molecule has 9 heteroatoms. The minimum Gasteiger partial charge on any atom is -0.449 e. The fourth-order valence-corrected chi connectivity index (χ4v) is 6.15. The lowest BCUT2D eigenvalue weighted by atomic mass is 9.97. The number of likely N-dealkylation sites (tertiary alicyclic amines) is 1. The van der Waals surface area contributed by atoms with E-state index in [4.69, 9.17) is 16.3 Å². The van der Waals surface area contributed by atoms with Crippen LogP contribution in [0.5, 0.6) is 0 Å². The van der Waals surface area contributed by atoms with Crippen molar-refractivity contribution in [2.24, 2.45) is 0 Å². The zero-order valence-corrected chi connectivity index (χ0v) is 19.9. The summed E-state index contributed by atoms with van der Waals surface area (Å²) < 4.78 is 32.8. The molecule has 172 valence electrons. The molecule has 0 aliphatic carbocycles. The highest BCUT2D eigenvalue weighted by atomic mass is 35.5. The van der Waals surface area contributed by atoms with Crippen LogP contribution < -0.4 is 0 Å². The summed E-state index contributed by atoms with van der Waals surface area (Å²) in [6, 6.07) is 4.20. The van der Waals surface area contributed by atoms with Crippen LogP contribution >= 0.6 is 11.6 Å². The molecule has 1 aromatic rings. The highest BCUT2D eigenvalue weighted by molar-refractivity contribution is 7.89. The molecule has 2 heterocycles. The number of ether oxygens (including phenoxy) is 1. The molecule has 0 saturated carbocycles. The number of rotatable bonds is 5. The second-order valence-electron chi connectivity index (χ2n) is 8.53. The Morgan fingerprint density at radius 2 is 1.68 bits per heavy atom. The predicted molar refractivity (Wildman–Crippen MR) is 119 cm³/mol. The number of nitrogens with zero attached hydrogens (tertiary/aromatic N) is 2. The third-order valence-corrected chi connectivity index (χ3v) is 8.41. The molecule has 3 atom stereocenters. The minimum absolute atomic E-state index is 0.00278. The molecule has 3 rings (SSSR count). The van der Waals surface area contributed by atoms with E-state index in [1.54, 1.807) is 4.90 Å². The maximum atomic E-state index is 13.0. The van der Waals surface area contributed by atoms with Crippen molar-refractivity contribution in [3.05, 3.63) is 28.8 Å². The number of piperidine rings is 2. The first kappa shape index (κ1) is 24.0. The van der Waals surface area contributed by atoms with E-state index in [1.165, 1.54) is 29.4 Å². The number of amides is 1. The van der Waals surface area contributed by atoms with Crippen molar-refractivity contribution in [2.45, 2.75) is 82.4 Å². The van der Waals surface area contributed by atoms with Crippen LogP contribution in [-0.4, -0.2) is 60.8 Å². The third-order valence-electron chi connectivity index (χ3n) is 6.19. The molecule has 7 nitrogen and oxygen atoms in total. The van der Waals surface area contributed by atoms with Crippen molar-refractivity contribution in [2.75, 3.05) is 13.1 Å². The Morgan fingerprint density at radius 3 is 2.29 bits per heavy atom. The van der Waals surface area contributed by atoms with Crippen LogP contribution in [0.25, 0.3) is 0 Å². The van der Waals surface area contributed by atoms with E-state index < -0.39 is 22.1 Å². The number of benzene rings is 1. The maximum absolute atomic E-state index is 13.0. The van der Waals surface area contributed by atoms with Gasteiger partial charge in [0.05, 0.1) is 15.5 Å². The van der Waals surface area contributed by atoms with Gasteiger partial charge in [-0.05, 0) is 71.1 Å². The molecule has 31 heavy (non-hydrogen) atoms. The lowest BCUT2D eigenvalue weighted by Gasteiger charge is -2.40. The first-order valence-corrected chi connectivity index (χ1v) is 12.8. The molecule has 2 aliphatic rings. The van der Waals surface area contributed by atoms with Crippen molar-refractivity contribution >= 4 is 33.5 Å². The molecule has 0 spiro atoms. The van der Waals surface area contributed by atoms with Gasteiger partial charge in [0.1, 0.15) is 0 Å². The largest absolute Gasteiger partial charge is 0.449 e. The minimum atomic E-state index is -3.72. The Bertz CT molecular complexity index is 920. The van der Waals surface area contributed by atoms with Gasteiger partial charge in [0.25, 0.3) is 5.91 Å². The van der Waals surface area contributed by atoms with Gasteiger partial charge in [-0.2, -0.15) is 4.31 Å². The van der Waals surface area contributed by atoms with Gasteiger partial charge in [-0.1, -0.05) is 18.0 Å². The number of esters is 1.